The molecule has 2 heterocycles. The number of thiophene rings is 1. The summed E-state index contributed by atoms with van der Waals surface area (Å²) in [6, 6.07) is 5.29. The van der Waals surface area contributed by atoms with Crippen LogP contribution in [0.3, 0.4) is 0 Å². The van der Waals surface area contributed by atoms with Crippen molar-refractivity contribution in [2.75, 3.05) is 11.9 Å². The molecule has 1 aromatic carbocycles. The quantitative estimate of drug-likeness (QED) is 0.735. The Morgan fingerprint density at radius 2 is 2.16 bits per heavy atom. The van der Waals surface area contributed by atoms with Crippen molar-refractivity contribution in [3.8, 4) is 0 Å². The van der Waals surface area contributed by atoms with Crippen LogP contribution in [-0.2, 0) is 27.8 Å². The maximum absolute atomic E-state index is 14.6. The number of hydrogen-bond acceptors (Lipinski definition) is 5. The van der Waals surface area contributed by atoms with Crippen molar-refractivity contribution in [2.45, 2.75) is 30.1 Å². The number of fused-ring (bicyclic) bond motifs is 1. The van der Waals surface area contributed by atoms with Crippen LogP contribution >= 0.6 is 11.3 Å². The fourth-order valence-electron chi connectivity index (χ4n) is 2.63. The van der Waals surface area contributed by atoms with Gasteiger partial charge in [-0.15, -0.1) is 11.3 Å². The lowest BCUT2D eigenvalue weighted by Gasteiger charge is -2.20. The second-order valence-electron chi connectivity index (χ2n) is 5.76. The number of rotatable bonds is 5. The van der Waals surface area contributed by atoms with E-state index in [1.165, 1.54) is 19.1 Å². The lowest BCUT2D eigenvalue weighted by molar-refractivity contribution is -0.117. The summed E-state index contributed by atoms with van der Waals surface area (Å²) in [7, 11) is -3.77. The summed E-state index contributed by atoms with van der Waals surface area (Å²) < 4.78 is 41.3. The maximum Gasteiger partial charge on any atom is 0.250 e. The molecular formula is C16H18FN3O3S2. The van der Waals surface area contributed by atoms with Crippen molar-refractivity contribution in [3.05, 3.63) is 46.6 Å². The molecule has 0 saturated heterocycles. The van der Waals surface area contributed by atoms with Crippen molar-refractivity contribution < 1.29 is 17.6 Å². The fraction of sp³-hybridized carbons (Fsp3) is 0.312. The molecule has 6 nitrogen and oxygen atoms in total. The Bertz CT molecular complexity index is 882. The highest BCUT2D eigenvalue weighted by molar-refractivity contribution is 7.91. The van der Waals surface area contributed by atoms with Gasteiger partial charge in [0, 0.05) is 6.54 Å². The number of benzene rings is 1. The van der Waals surface area contributed by atoms with Gasteiger partial charge < -0.3 is 10.6 Å². The minimum atomic E-state index is -3.77. The van der Waals surface area contributed by atoms with Gasteiger partial charge in [-0.3, -0.25) is 4.79 Å². The molecule has 1 aliphatic heterocycles. The average Bonchev–Trinajstić information content (AvgIpc) is 3.12. The van der Waals surface area contributed by atoms with E-state index in [0.29, 0.717) is 25.1 Å². The predicted molar refractivity (Wildman–Crippen MR) is 94.5 cm³/mol. The molecule has 0 bridgehead atoms. The largest absolute Gasteiger partial charge is 0.322 e. The van der Waals surface area contributed by atoms with Gasteiger partial charge in [0.05, 0.1) is 11.7 Å². The van der Waals surface area contributed by atoms with Gasteiger partial charge in [0.2, 0.25) is 5.91 Å². The van der Waals surface area contributed by atoms with Crippen LogP contribution < -0.4 is 15.4 Å². The summed E-state index contributed by atoms with van der Waals surface area (Å²) in [6.07, 6.45) is 0.547. The Labute approximate surface area is 149 Å². The monoisotopic (exact) mass is 383 g/mol. The summed E-state index contributed by atoms with van der Waals surface area (Å²) in [4.78, 5) is 12.3. The van der Waals surface area contributed by atoms with Crippen LogP contribution in [-0.4, -0.2) is 26.9 Å². The number of carbonyl (C=O) groups is 1. The third-order valence-electron chi connectivity index (χ3n) is 3.95. The van der Waals surface area contributed by atoms with Crippen LogP contribution in [0.5, 0.6) is 0 Å². The van der Waals surface area contributed by atoms with Gasteiger partial charge in [0.15, 0.2) is 0 Å². The Morgan fingerprint density at radius 3 is 2.88 bits per heavy atom. The van der Waals surface area contributed by atoms with Crippen LogP contribution in [0.15, 0.2) is 33.9 Å². The molecule has 1 amide bonds. The Balaban J connectivity index is 1.72. The molecular weight excluding hydrogens is 365 g/mol. The molecule has 9 heteroatoms. The second kappa shape index (κ2) is 7.20. The van der Waals surface area contributed by atoms with E-state index in [4.69, 9.17) is 0 Å². The standard InChI is InChI=1S/C16H18FN3O3S2/c1-10(20-25(22,23)14-3-2-8-24-14)16(21)19-13-5-4-11-9-18-7-6-12(11)15(13)17/h2-5,8,10,18,20H,6-7,9H2,1H3,(H,19,21). The molecule has 0 saturated carbocycles. The number of anilines is 1. The molecule has 1 atom stereocenters. The second-order valence-corrected chi connectivity index (χ2v) is 8.64. The summed E-state index contributed by atoms with van der Waals surface area (Å²) in [5.74, 6) is -1.08. The Kier molecular flexibility index (Phi) is 5.19. The molecule has 134 valence electrons. The van der Waals surface area contributed by atoms with Crippen molar-refractivity contribution in [1.29, 1.82) is 0 Å². The van der Waals surface area contributed by atoms with Crippen LogP contribution in [0.25, 0.3) is 0 Å². The fourth-order valence-corrected chi connectivity index (χ4v) is 4.84. The predicted octanol–water partition coefficient (Wildman–Crippen LogP) is 1.84. The summed E-state index contributed by atoms with van der Waals surface area (Å²) in [5, 5.41) is 7.26. The first-order chi connectivity index (χ1) is 11.9. The minimum Gasteiger partial charge on any atom is -0.322 e. The highest BCUT2D eigenvalue weighted by atomic mass is 32.2. The smallest absolute Gasteiger partial charge is 0.250 e. The number of halogens is 1. The van der Waals surface area contributed by atoms with E-state index in [2.05, 4.69) is 15.4 Å². The van der Waals surface area contributed by atoms with Crippen LogP contribution in [0.4, 0.5) is 10.1 Å². The highest BCUT2D eigenvalue weighted by Crippen LogP contribution is 2.24. The molecule has 25 heavy (non-hydrogen) atoms. The molecule has 1 aromatic heterocycles. The van der Waals surface area contributed by atoms with E-state index < -0.39 is 27.8 Å². The molecule has 3 N–H and O–H groups in total. The molecule has 3 rings (SSSR count). The van der Waals surface area contributed by atoms with Crippen molar-refractivity contribution >= 4 is 33.0 Å². The van der Waals surface area contributed by atoms with E-state index in [-0.39, 0.29) is 9.90 Å². The van der Waals surface area contributed by atoms with E-state index in [1.807, 2.05) is 0 Å². The van der Waals surface area contributed by atoms with Crippen LogP contribution in [0.2, 0.25) is 0 Å². The van der Waals surface area contributed by atoms with Crippen LogP contribution in [0, 0.1) is 5.82 Å². The van der Waals surface area contributed by atoms with Gasteiger partial charge in [-0.05, 0) is 48.5 Å². The summed E-state index contributed by atoms with van der Waals surface area (Å²) in [5.41, 5.74) is 1.52. The number of hydrogen-bond donors (Lipinski definition) is 3. The maximum atomic E-state index is 14.6. The zero-order valence-electron chi connectivity index (χ0n) is 13.5. The van der Waals surface area contributed by atoms with Crippen LogP contribution in [0.1, 0.15) is 18.1 Å². The Hall–Kier alpha value is -1.81. The topological polar surface area (TPSA) is 87.3 Å². The molecule has 0 fully saturated rings. The first kappa shape index (κ1) is 18.0. The van der Waals surface area contributed by atoms with Gasteiger partial charge in [-0.1, -0.05) is 12.1 Å². The zero-order valence-corrected chi connectivity index (χ0v) is 15.1. The number of carbonyl (C=O) groups excluding carboxylic acids is 1. The molecule has 0 spiro atoms. The van der Waals surface area contributed by atoms with Gasteiger partial charge in [-0.2, -0.15) is 4.72 Å². The van der Waals surface area contributed by atoms with Crippen molar-refractivity contribution in [3.63, 3.8) is 0 Å². The number of nitrogens with one attached hydrogen (secondary N) is 3. The van der Waals surface area contributed by atoms with E-state index in [9.17, 15) is 17.6 Å². The van der Waals surface area contributed by atoms with E-state index in [1.54, 1.807) is 17.5 Å². The van der Waals surface area contributed by atoms with Crippen molar-refractivity contribution in [2.24, 2.45) is 0 Å². The summed E-state index contributed by atoms with van der Waals surface area (Å²) >= 11 is 1.06. The molecule has 0 radical (unpaired) electrons. The summed E-state index contributed by atoms with van der Waals surface area (Å²) in [6.45, 7) is 2.69. The SMILES string of the molecule is CC(NS(=O)(=O)c1cccs1)C(=O)Nc1ccc2c(c1F)CCNC2. The third kappa shape index (κ3) is 3.90. The molecule has 1 unspecified atom stereocenters. The molecule has 0 aliphatic carbocycles. The number of sulfonamides is 1. The lowest BCUT2D eigenvalue weighted by Crippen LogP contribution is -2.41. The van der Waals surface area contributed by atoms with Gasteiger partial charge in [0.1, 0.15) is 10.0 Å². The highest BCUT2D eigenvalue weighted by Gasteiger charge is 2.24. The number of amides is 1. The average molecular weight is 383 g/mol. The minimum absolute atomic E-state index is 0.0628. The third-order valence-corrected chi connectivity index (χ3v) is 6.89. The van der Waals surface area contributed by atoms with Gasteiger partial charge in [-0.25, -0.2) is 12.8 Å². The Morgan fingerprint density at radius 1 is 1.36 bits per heavy atom. The zero-order chi connectivity index (χ0) is 18.0. The first-order valence-electron chi connectivity index (χ1n) is 7.76. The molecule has 1 aliphatic rings. The van der Waals surface area contributed by atoms with E-state index in [0.717, 1.165) is 16.9 Å². The van der Waals surface area contributed by atoms with Gasteiger partial charge >= 0.3 is 0 Å². The van der Waals surface area contributed by atoms with Crippen molar-refractivity contribution in [1.82, 2.24) is 10.0 Å². The normalized spacial score (nSPS) is 15.4. The first-order valence-corrected chi connectivity index (χ1v) is 10.1. The molecule has 2 aromatic rings. The lowest BCUT2D eigenvalue weighted by atomic mass is 9.99. The van der Waals surface area contributed by atoms with E-state index >= 15 is 0 Å². The van der Waals surface area contributed by atoms with Gasteiger partial charge in [0.25, 0.3) is 10.0 Å².